The van der Waals surface area contributed by atoms with Crippen molar-refractivity contribution in [2.24, 2.45) is 0 Å². The van der Waals surface area contributed by atoms with Gasteiger partial charge < -0.3 is 5.32 Å². The largest absolute Gasteiger partial charge is 0.321 e. The Morgan fingerprint density at radius 1 is 1.12 bits per heavy atom. The van der Waals surface area contributed by atoms with Crippen LogP contribution in [0.1, 0.15) is 22.3 Å². The molecule has 1 heterocycles. The smallest absolute Gasteiger partial charge is 0.269 e. The van der Waals surface area contributed by atoms with Crippen LogP contribution in [0.15, 0.2) is 42.5 Å². The van der Waals surface area contributed by atoms with Crippen LogP contribution in [0.4, 0.5) is 14.5 Å². The van der Waals surface area contributed by atoms with Crippen LogP contribution in [0.3, 0.4) is 0 Å². The van der Waals surface area contributed by atoms with E-state index in [0.29, 0.717) is 33.8 Å². The van der Waals surface area contributed by atoms with Crippen molar-refractivity contribution in [1.82, 2.24) is 9.59 Å². The Morgan fingerprint density at radius 3 is 2.54 bits per heavy atom. The number of hydrogen-bond donors (Lipinski definition) is 1. The number of benzene rings is 2. The summed E-state index contributed by atoms with van der Waals surface area (Å²) < 4.78 is 30.5. The number of nitrogens with zero attached hydrogens (tertiary/aromatic N) is 2. The molecule has 0 radical (unpaired) electrons. The van der Waals surface area contributed by atoms with Crippen molar-refractivity contribution < 1.29 is 13.6 Å². The molecular weight excluding hydrogens is 332 g/mol. The molecule has 0 aliphatic carbocycles. The van der Waals surface area contributed by atoms with Gasteiger partial charge >= 0.3 is 0 Å². The molecule has 0 atom stereocenters. The number of carbonyl (C=O) groups is 1. The number of carbonyl (C=O) groups excluding carboxylic acids is 1. The number of rotatable bonds is 4. The van der Waals surface area contributed by atoms with Gasteiger partial charge in [-0.1, -0.05) is 23.5 Å². The van der Waals surface area contributed by atoms with E-state index >= 15 is 0 Å². The van der Waals surface area contributed by atoms with E-state index in [1.165, 1.54) is 42.5 Å². The van der Waals surface area contributed by atoms with E-state index in [4.69, 9.17) is 0 Å². The summed E-state index contributed by atoms with van der Waals surface area (Å²) in [4.78, 5) is 12.9. The summed E-state index contributed by atoms with van der Waals surface area (Å²) >= 11 is 1.01. The predicted molar refractivity (Wildman–Crippen MR) is 89.0 cm³/mol. The number of nitrogens with one attached hydrogen (secondary N) is 1. The number of aryl methyl sites for hydroxylation is 1. The van der Waals surface area contributed by atoms with Crippen molar-refractivity contribution in [3.8, 4) is 11.1 Å². The van der Waals surface area contributed by atoms with Crippen molar-refractivity contribution in [3.63, 3.8) is 0 Å². The second-order valence-corrected chi connectivity index (χ2v) is 5.81. The SMILES string of the molecule is CCc1nnsc1C(=O)Nc1ccc(F)cc1-c1ccc(F)cc1. The zero-order valence-electron chi connectivity index (χ0n) is 12.7. The summed E-state index contributed by atoms with van der Waals surface area (Å²) in [6, 6.07) is 9.67. The highest BCUT2D eigenvalue weighted by Crippen LogP contribution is 2.30. The lowest BCUT2D eigenvalue weighted by Crippen LogP contribution is -2.13. The monoisotopic (exact) mass is 345 g/mol. The van der Waals surface area contributed by atoms with Gasteiger partial charge in [0.15, 0.2) is 0 Å². The molecule has 2 aromatic carbocycles. The van der Waals surface area contributed by atoms with Crippen LogP contribution < -0.4 is 5.32 Å². The Hall–Kier alpha value is -2.67. The minimum atomic E-state index is -0.443. The topological polar surface area (TPSA) is 54.9 Å². The molecule has 0 fully saturated rings. The van der Waals surface area contributed by atoms with Gasteiger partial charge in [0.25, 0.3) is 5.91 Å². The molecule has 0 unspecified atom stereocenters. The third kappa shape index (κ3) is 3.30. The third-order valence-corrected chi connectivity index (χ3v) is 4.25. The van der Waals surface area contributed by atoms with Crippen LogP contribution in [-0.4, -0.2) is 15.5 Å². The zero-order chi connectivity index (χ0) is 17.1. The number of amides is 1. The molecule has 0 bridgehead atoms. The van der Waals surface area contributed by atoms with Gasteiger partial charge in [-0.25, -0.2) is 8.78 Å². The van der Waals surface area contributed by atoms with Gasteiger partial charge in [-0.15, -0.1) is 5.10 Å². The van der Waals surface area contributed by atoms with Crippen molar-refractivity contribution in [2.75, 3.05) is 5.32 Å². The van der Waals surface area contributed by atoms with Crippen molar-refractivity contribution in [1.29, 1.82) is 0 Å². The molecule has 0 aliphatic heterocycles. The van der Waals surface area contributed by atoms with Gasteiger partial charge in [-0.3, -0.25) is 4.79 Å². The summed E-state index contributed by atoms with van der Waals surface area (Å²) in [7, 11) is 0. The Labute approximate surface area is 141 Å². The van der Waals surface area contributed by atoms with Gasteiger partial charge in [-0.05, 0) is 53.8 Å². The molecule has 0 saturated heterocycles. The molecular formula is C17H13F2N3OS. The van der Waals surface area contributed by atoms with E-state index in [-0.39, 0.29) is 11.7 Å². The summed E-state index contributed by atoms with van der Waals surface area (Å²) in [5.74, 6) is -1.18. The average Bonchev–Trinajstić information content (AvgIpc) is 3.06. The van der Waals surface area contributed by atoms with Gasteiger partial charge in [0, 0.05) is 11.3 Å². The second kappa shape index (κ2) is 6.84. The summed E-state index contributed by atoms with van der Waals surface area (Å²) in [6.07, 6.45) is 0.591. The van der Waals surface area contributed by atoms with E-state index in [9.17, 15) is 13.6 Å². The molecule has 1 aromatic heterocycles. The first-order valence-corrected chi connectivity index (χ1v) is 8.04. The fourth-order valence-corrected chi connectivity index (χ4v) is 2.93. The van der Waals surface area contributed by atoms with E-state index < -0.39 is 5.82 Å². The van der Waals surface area contributed by atoms with Crippen LogP contribution in [0.2, 0.25) is 0 Å². The average molecular weight is 345 g/mol. The molecule has 1 amide bonds. The number of hydrogen-bond acceptors (Lipinski definition) is 4. The Balaban J connectivity index is 1.96. The lowest BCUT2D eigenvalue weighted by atomic mass is 10.0. The standard InChI is InChI=1S/C17H13F2N3OS/c1-2-14-16(24-22-21-14)17(23)20-15-8-7-12(19)9-13(15)10-3-5-11(18)6-4-10/h3-9H,2H2,1H3,(H,20,23). The van der Waals surface area contributed by atoms with Crippen molar-refractivity contribution >= 4 is 23.1 Å². The highest BCUT2D eigenvalue weighted by atomic mass is 32.1. The fraction of sp³-hybridized carbons (Fsp3) is 0.118. The zero-order valence-corrected chi connectivity index (χ0v) is 13.5. The molecule has 24 heavy (non-hydrogen) atoms. The molecule has 3 rings (SSSR count). The molecule has 122 valence electrons. The number of halogens is 2. The third-order valence-electron chi connectivity index (χ3n) is 3.48. The first-order chi connectivity index (χ1) is 11.6. The lowest BCUT2D eigenvalue weighted by Gasteiger charge is -2.11. The van der Waals surface area contributed by atoms with Gasteiger partial charge in [-0.2, -0.15) is 0 Å². The quantitative estimate of drug-likeness (QED) is 0.767. The van der Waals surface area contributed by atoms with Crippen molar-refractivity contribution in [3.05, 3.63) is 64.7 Å². The maximum absolute atomic E-state index is 13.6. The van der Waals surface area contributed by atoms with Crippen LogP contribution in [0.5, 0.6) is 0 Å². The lowest BCUT2D eigenvalue weighted by molar-refractivity contribution is 0.102. The van der Waals surface area contributed by atoms with E-state index in [1.54, 1.807) is 0 Å². The Morgan fingerprint density at radius 2 is 1.83 bits per heavy atom. The Bertz CT molecular complexity index is 878. The first kappa shape index (κ1) is 16.2. The summed E-state index contributed by atoms with van der Waals surface area (Å²) in [6.45, 7) is 1.88. The normalized spacial score (nSPS) is 10.6. The van der Waals surface area contributed by atoms with E-state index in [0.717, 1.165) is 11.5 Å². The van der Waals surface area contributed by atoms with E-state index in [2.05, 4.69) is 14.9 Å². The Kier molecular flexibility index (Phi) is 4.61. The highest BCUT2D eigenvalue weighted by molar-refractivity contribution is 7.08. The summed E-state index contributed by atoms with van der Waals surface area (Å²) in [5.41, 5.74) is 2.12. The predicted octanol–water partition coefficient (Wildman–Crippen LogP) is 4.30. The van der Waals surface area contributed by atoms with Crippen LogP contribution in [-0.2, 0) is 6.42 Å². The molecule has 0 spiro atoms. The minimum Gasteiger partial charge on any atom is -0.321 e. The fourth-order valence-electron chi connectivity index (χ4n) is 2.29. The molecule has 0 aliphatic rings. The maximum atomic E-state index is 13.6. The number of aromatic nitrogens is 2. The van der Waals surface area contributed by atoms with Gasteiger partial charge in [0.05, 0.1) is 5.69 Å². The van der Waals surface area contributed by atoms with Crippen LogP contribution >= 0.6 is 11.5 Å². The first-order valence-electron chi connectivity index (χ1n) is 7.26. The molecule has 4 nitrogen and oxygen atoms in total. The second-order valence-electron chi connectivity index (χ2n) is 5.05. The van der Waals surface area contributed by atoms with E-state index in [1.807, 2.05) is 6.92 Å². The van der Waals surface area contributed by atoms with Crippen LogP contribution in [0, 0.1) is 11.6 Å². The highest BCUT2D eigenvalue weighted by Gasteiger charge is 2.17. The van der Waals surface area contributed by atoms with Gasteiger partial charge in [0.2, 0.25) is 0 Å². The minimum absolute atomic E-state index is 0.350. The van der Waals surface area contributed by atoms with Crippen molar-refractivity contribution in [2.45, 2.75) is 13.3 Å². The molecule has 3 aromatic rings. The molecule has 7 heteroatoms. The molecule has 1 N–H and O–H groups in total. The van der Waals surface area contributed by atoms with Gasteiger partial charge in [0.1, 0.15) is 16.5 Å². The number of anilines is 1. The molecule has 0 saturated carbocycles. The summed E-state index contributed by atoms with van der Waals surface area (Å²) in [5, 5.41) is 6.67. The van der Waals surface area contributed by atoms with Crippen LogP contribution in [0.25, 0.3) is 11.1 Å². The maximum Gasteiger partial charge on any atom is 0.269 e.